The number of hydrogen-bond donors (Lipinski definition) is 0. The Morgan fingerprint density at radius 3 is 2.54 bits per heavy atom. The minimum absolute atomic E-state index is 0.0641. The summed E-state index contributed by atoms with van der Waals surface area (Å²) in [4.78, 5) is 23.4. The average Bonchev–Trinajstić information content (AvgIpc) is 3.02. The van der Waals surface area contributed by atoms with Gasteiger partial charge in [0.25, 0.3) is 5.69 Å². The minimum Gasteiger partial charge on any atom is -0.377 e. The number of carbonyl (C=O) groups is 1. The van der Waals surface area contributed by atoms with Gasteiger partial charge in [0.05, 0.1) is 9.95 Å². The van der Waals surface area contributed by atoms with E-state index in [9.17, 15) is 23.3 Å². The quantitative estimate of drug-likeness (QED) is 0.436. The number of rotatable bonds is 5. The Bertz CT molecular complexity index is 992. The predicted octanol–water partition coefficient (Wildman–Crippen LogP) is 3.14. The Morgan fingerprint density at radius 1 is 1.19 bits per heavy atom. The van der Waals surface area contributed by atoms with Gasteiger partial charge in [-0.05, 0) is 30.7 Å². The second kappa shape index (κ2) is 6.93. The van der Waals surface area contributed by atoms with E-state index in [2.05, 4.69) is 0 Å². The SMILES string of the molecule is O=C1CCCN1c1ccc(S(=O)(=O)Oc2ccccc2Cl)cc1[N+](=O)[O-]. The molecule has 0 unspecified atom stereocenters. The summed E-state index contributed by atoms with van der Waals surface area (Å²) < 4.78 is 29.9. The van der Waals surface area contributed by atoms with E-state index in [1.807, 2.05) is 0 Å². The molecule has 1 saturated heterocycles. The second-order valence-corrected chi connectivity index (χ2v) is 7.48. The number of nitro groups is 1. The van der Waals surface area contributed by atoms with E-state index in [-0.39, 0.29) is 22.4 Å². The minimum atomic E-state index is -4.34. The van der Waals surface area contributed by atoms with Crippen molar-refractivity contribution in [2.75, 3.05) is 11.4 Å². The molecule has 136 valence electrons. The van der Waals surface area contributed by atoms with Crippen LogP contribution in [0.15, 0.2) is 47.4 Å². The van der Waals surface area contributed by atoms with Gasteiger partial charge in [0.15, 0.2) is 5.75 Å². The predicted molar refractivity (Wildman–Crippen MR) is 93.9 cm³/mol. The summed E-state index contributed by atoms with van der Waals surface area (Å²) >= 11 is 5.89. The highest BCUT2D eigenvalue weighted by molar-refractivity contribution is 7.87. The summed E-state index contributed by atoms with van der Waals surface area (Å²) in [6, 6.07) is 9.26. The standard InChI is InChI=1S/C16H13ClN2O6S/c17-12-4-1-2-5-15(12)25-26(23,24)11-7-8-13(14(10-11)19(21)22)18-9-3-6-16(18)20/h1-2,4-5,7-8,10H,3,6,9H2. The zero-order chi connectivity index (χ0) is 18.9. The molecular formula is C16H13ClN2O6S. The van der Waals surface area contributed by atoms with E-state index >= 15 is 0 Å². The van der Waals surface area contributed by atoms with Gasteiger partial charge in [0.1, 0.15) is 10.6 Å². The number of anilines is 1. The van der Waals surface area contributed by atoms with E-state index in [0.29, 0.717) is 19.4 Å². The Labute approximate surface area is 154 Å². The fourth-order valence-electron chi connectivity index (χ4n) is 2.61. The fourth-order valence-corrected chi connectivity index (χ4v) is 3.80. The first-order valence-corrected chi connectivity index (χ1v) is 9.36. The van der Waals surface area contributed by atoms with Crippen LogP contribution < -0.4 is 9.08 Å². The van der Waals surface area contributed by atoms with Gasteiger partial charge in [-0.25, -0.2) is 0 Å². The van der Waals surface area contributed by atoms with Gasteiger partial charge in [-0.3, -0.25) is 14.9 Å². The third-order valence-corrected chi connectivity index (χ3v) is 5.38. The molecule has 1 amide bonds. The molecule has 0 bridgehead atoms. The van der Waals surface area contributed by atoms with Gasteiger partial charge in [-0.2, -0.15) is 8.42 Å². The lowest BCUT2D eigenvalue weighted by Gasteiger charge is -2.16. The molecule has 1 fully saturated rings. The Balaban J connectivity index is 2.00. The topological polar surface area (TPSA) is 107 Å². The van der Waals surface area contributed by atoms with E-state index in [1.54, 1.807) is 12.1 Å². The summed E-state index contributed by atoms with van der Waals surface area (Å²) in [6.45, 7) is 0.349. The maximum absolute atomic E-state index is 12.4. The molecule has 8 nitrogen and oxygen atoms in total. The highest BCUT2D eigenvalue weighted by atomic mass is 35.5. The molecule has 0 radical (unpaired) electrons. The molecule has 1 aliphatic rings. The largest absolute Gasteiger partial charge is 0.377 e. The van der Waals surface area contributed by atoms with Crippen LogP contribution in [0.4, 0.5) is 11.4 Å². The summed E-state index contributed by atoms with van der Waals surface area (Å²) in [5.74, 6) is -0.327. The number of carbonyl (C=O) groups excluding carboxylic acids is 1. The molecule has 0 N–H and O–H groups in total. The molecule has 0 aliphatic carbocycles. The van der Waals surface area contributed by atoms with Gasteiger partial charge >= 0.3 is 10.1 Å². The van der Waals surface area contributed by atoms with Crippen molar-refractivity contribution in [2.24, 2.45) is 0 Å². The molecule has 1 aliphatic heterocycles. The van der Waals surface area contributed by atoms with Crippen LogP contribution in [0.3, 0.4) is 0 Å². The zero-order valence-electron chi connectivity index (χ0n) is 13.3. The van der Waals surface area contributed by atoms with Crippen molar-refractivity contribution in [2.45, 2.75) is 17.7 Å². The van der Waals surface area contributed by atoms with Crippen molar-refractivity contribution in [3.63, 3.8) is 0 Å². The van der Waals surface area contributed by atoms with Crippen LogP contribution in [0, 0.1) is 10.1 Å². The molecule has 10 heteroatoms. The number of para-hydroxylation sites is 1. The third-order valence-electron chi connectivity index (χ3n) is 3.83. The Hall–Kier alpha value is -2.65. The molecule has 0 aromatic heterocycles. The van der Waals surface area contributed by atoms with E-state index in [4.69, 9.17) is 15.8 Å². The molecule has 0 atom stereocenters. The van der Waals surface area contributed by atoms with Crippen LogP contribution in [0.2, 0.25) is 5.02 Å². The normalized spacial score (nSPS) is 14.5. The monoisotopic (exact) mass is 396 g/mol. The fraction of sp³-hybridized carbons (Fsp3) is 0.188. The summed E-state index contributed by atoms with van der Waals surface area (Å²) in [5, 5.41) is 11.5. The lowest BCUT2D eigenvalue weighted by Crippen LogP contribution is -2.24. The van der Waals surface area contributed by atoms with Crippen molar-refractivity contribution in [1.82, 2.24) is 0 Å². The second-order valence-electron chi connectivity index (χ2n) is 5.52. The zero-order valence-corrected chi connectivity index (χ0v) is 14.9. The van der Waals surface area contributed by atoms with E-state index in [0.717, 1.165) is 6.07 Å². The van der Waals surface area contributed by atoms with Crippen LogP contribution in [0.1, 0.15) is 12.8 Å². The van der Waals surface area contributed by atoms with Crippen molar-refractivity contribution >= 4 is 39.0 Å². The first kappa shape index (κ1) is 18.2. The van der Waals surface area contributed by atoms with Crippen molar-refractivity contribution in [3.05, 3.63) is 57.6 Å². The molecule has 0 saturated carbocycles. The number of benzene rings is 2. The Kier molecular flexibility index (Phi) is 4.84. The highest BCUT2D eigenvalue weighted by Crippen LogP contribution is 2.34. The van der Waals surface area contributed by atoms with Crippen LogP contribution in [0.25, 0.3) is 0 Å². The van der Waals surface area contributed by atoms with Crippen LogP contribution in [0.5, 0.6) is 5.75 Å². The Morgan fingerprint density at radius 2 is 1.92 bits per heavy atom. The highest BCUT2D eigenvalue weighted by Gasteiger charge is 2.30. The van der Waals surface area contributed by atoms with Gasteiger partial charge in [-0.1, -0.05) is 23.7 Å². The first-order chi connectivity index (χ1) is 12.3. The van der Waals surface area contributed by atoms with E-state index in [1.165, 1.54) is 29.2 Å². The van der Waals surface area contributed by atoms with E-state index < -0.39 is 25.6 Å². The number of hydrogen-bond acceptors (Lipinski definition) is 6. The average molecular weight is 397 g/mol. The molecule has 0 spiro atoms. The van der Waals surface area contributed by atoms with Gasteiger partial charge in [-0.15, -0.1) is 0 Å². The number of amides is 1. The van der Waals surface area contributed by atoms with Crippen LogP contribution >= 0.6 is 11.6 Å². The van der Waals surface area contributed by atoms with Gasteiger partial charge in [0, 0.05) is 19.0 Å². The van der Waals surface area contributed by atoms with Crippen molar-refractivity contribution in [3.8, 4) is 5.75 Å². The summed E-state index contributed by atoms with van der Waals surface area (Å²) in [6.07, 6.45) is 0.887. The smallest absolute Gasteiger partial charge is 0.339 e. The maximum atomic E-state index is 12.4. The number of halogens is 1. The lowest BCUT2D eigenvalue weighted by molar-refractivity contribution is -0.384. The lowest BCUT2D eigenvalue weighted by atomic mass is 10.2. The number of nitro benzene ring substituents is 1. The third kappa shape index (κ3) is 3.49. The molecular weight excluding hydrogens is 384 g/mol. The first-order valence-electron chi connectivity index (χ1n) is 7.57. The van der Waals surface area contributed by atoms with Crippen LogP contribution in [-0.4, -0.2) is 25.8 Å². The van der Waals surface area contributed by atoms with Crippen LogP contribution in [-0.2, 0) is 14.9 Å². The maximum Gasteiger partial charge on any atom is 0.339 e. The summed E-state index contributed by atoms with van der Waals surface area (Å²) in [7, 11) is -4.34. The van der Waals surface area contributed by atoms with Gasteiger partial charge in [0.2, 0.25) is 5.91 Å². The molecule has 3 rings (SSSR count). The number of nitrogens with zero attached hydrogens (tertiary/aromatic N) is 2. The van der Waals surface area contributed by atoms with Crippen molar-refractivity contribution < 1.29 is 22.3 Å². The molecule has 26 heavy (non-hydrogen) atoms. The molecule has 2 aromatic rings. The summed E-state index contributed by atoms with van der Waals surface area (Å²) in [5.41, 5.74) is -0.418. The molecule has 1 heterocycles. The molecule has 2 aromatic carbocycles. The van der Waals surface area contributed by atoms with Crippen molar-refractivity contribution in [1.29, 1.82) is 0 Å². The van der Waals surface area contributed by atoms with Gasteiger partial charge < -0.3 is 9.08 Å².